The van der Waals surface area contributed by atoms with Gasteiger partial charge >= 0.3 is 6.18 Å². The molecule has 150 valence electrons. The van der Waals surface area contributed by atoms with Crippen molar-refractivity contribution in [3.8, 4) is 0 Å². The second-order valence-electron chi connectivity index (χ2n) is 8.62. The van der Waals surface area contributed by atoms with Crippen molar-refractivity contribution in [1.82, 2.24) is 9.80 Å². The summed E-state index contributed by atoms with van der Waals surface area (Å²) < 4.78 is 38.3. The first kappa shape index (κ1) is 20.2. The fraction of sp³-hybridized carbons (Fsp3) is 0.667. The molecule has 1 atom stereocenters. The van der Waals surface area contributed by atoms with Crippen LogP contribution in [0.2, 0.25) is 0 Å². The van der Waals surface area contributed by atoms with Crippen LogP contribution in [-0.4, -0.2) is 41.0 Å². The molecule has 0 N–H and O–H groups in total. The number of hydrogen-bond acceptors (Lipinski definition) is 2. The maximum Gasteiger partial charge on any atom is 0.416 e. The van der Waals surface area contributed by atoms with Crippen LogP contribution < -0.4 is 0 Å². The zero-order valence-corrected chi connectivity index (χ0v) is 16.4. The van der Waals surface area contributed by atoms with Crippen LogP contribution in [0.5, 0.6) is 0 Å². The Morgan fingerprint density at radius 3 is 2.15 bits per heavy atom. The van der Waals surface area contributed by atoms with E-state index in [1.54, 1.807) is 0 Å². The van der Waals surface area contributed by atoms with Gasteiger partial charge < -0.3 is 4.90 Å². The summed E-state index contributed by atoms with van der Waals surface area (Å²) in [5, 5.41) is 0. The molecule has 0 aliphatic carbocycles. The first-order chi connectivity index (χ1) is 12.6. The third-order valence-electron chi connectivity index (χ3n) is 6.65. The quantitative estimate of drug-likeness (QED) is 0.756. The van der Waals surface area contributed by atoms with Gasteiger partial charge in [-0.3, -0.25) is 9.69 Å². The van der Waals surface area contributed by atoms with Crippen molar-refractivity contribution in [1.29, 1.82) is 0 Å². The first-order valence-electron chi connectivity index (χ1n) is 9.77. The summed E-state index contributed by atoms with van der Waals surface area (Å²) in [4.78, 5) is 17.6. The molecule has 2 saturated heterocycles. The molecular weight excluding hydrogens is 353 g/mol. The van der Waals surface area contributed by atoms with Crippen molar-refractivity contribution in [2.24, 2.45) is 5.41 Å². The van der Waals surface area contributed by atoms with E-state index in [0.29, 0.717) is 12.1 Å². The van der Waals surface area contributed by atoms with Crippen LogP contribution in [-0.2, 0) is 17.4 Å². The second kappa shape index (κ2) is 7.12. The van der Waals surface area contributed by atoms with Gasteiger partial charge in [-0.05, 0) is 50.3 Å². The van der Waals surface area contributed by atoms with E-state index in [1.165, 1.54) is 12.1 Å². The number of amides is 1. The lowest BCUT2D eigenvalue weighted by Crippen LogP contribution is -2.69. The highest BCUT2D eigenvalue weighted by molar-refractivity contribution is 5.79. The van der Waals surface area contributed by atoms with Crippen molar-refractivity contribution in [2.75, 3.05) is 19.6 Å². The molecule has 0 spiro atoms. The molecule has 6 heteroatoms. The Hall–Kier alpha value is -1.56. The Labute approximate surface area is 159 Å². The first-order valence-corrected chi connectivity index (χ1v) is 9.77. The molecule has 1 aromatic carbocycles. The summed E-state index contributed by atoms with van der Waals surface area (Å²) in [5.74, 6) is -0.00284. The van der Waals surface area contributed by atoms with E-state index in [0.717, 1.165) is 50.9 Å². The zero-order chi connectivity index (χ0) is 19.9. The summed E-state index contributed by atoms with van der Waals surface area (Å²) in [7, 11) is 0. The Bertz CT molecular complexity index is 678. The standard InChI is InChI=1S/C21H29F3N2O/c1-19(2)11-6-14-26(20(19,3)25-12-4-5-13-25)18(27)15-16-7-9-17(10-8-16)21(22,23)24/h7-10H,4-6,11-15H2,1-3H3. The SMILES string of the molecule is CC1(C)CCCN(C(=O)Cc2ccc(C(F)(F)F)cc2)C1(C)N1CCCC1. The summed E-state index contributed by atoms with van der Waals surface area (Å²) >= 11 is 0. The van der Waals surface area contributed by atoms with E-state index in [4.69, 9.17) is 0 Å². The smallest absolute Gasteiger partial charge is 0.324 e. The van der Waals surface area contributed by atoms with Crippen molar-refractivity contribution in [3.05, 3.63) is 35.4 Å². The monoisotopic (exact) mass is 382 g/mol. The molecule has 0 aromatic heterocycles. The Kier molecular flexibility index (Phi) is 5.32. The van der Waals surface area contributed by atoms with E-state index in [9.17, 15) is 18.0 Å². The number of carbonyl (C=O) groups excluding carboxylic acids is 1. The van der Waals surface area contributed by atoms with E-state index < -0.39 is 11.7 Å². The Balaban J connectivity index is 1.81. The normalized spacial score (nSPS) is 26.4. The van der Waals surface area contributed by atoms with Crippen LogP contribution in [0.25, 0.3) is 0 Å². The number of benzene rings is 1. The number of alkyl halides is 3. The predicted octanol–water partition coefficient (Wildman–Crippen LogP) is 4.71. The van der Waals surface area contributed by atoms with Gasteiger partial charge in [0.15, 0.2) is 0 Å². The number of halogens is 3. The van der Waals surface area contributed by atoms with Crippen LogP contribution in [0.1, 0.15) is 57.6 Å². The van der Waals surface area contributed by atoms with Gasteiger partial charge in [-0.15, -0.1) is 0 Å². The van der Waals surface area contributed by atoms with Gasteiger partial charge in [0, 0.05) is 25.0 Å². The van der Waals surface area contributed by atoms with E-state index in [1.807, 2.05) is 4.90 Å². The molecule has 0 saturated carbocycles. The van der Waals surface area contributed by atoms with Gasteiger partial charge in [0.2, 0.25) is 5.91 Å². The summed E-state index contributed by atoms with van der Waals surface area (Å²) in [6, 6.07) is 4.96. The summed E-state index contributed by atoms with van der Waals surface area (Å²) in [5.41, 5.74) is -0.448. The van der Waals surface area contributed by atoms with E-state index in [2.05, 4.69) is 25.7 Å². The van der Waals surface area contributed by atoms with Gasteiger partial charge in [0.1, 0.15) is 0 Å². The molecule has 0 bridgehead atoms. The van der Waals surface area contributed by atoms with E-state index >= 15 is 0 Å². The predicted molar refractivity (Wildman–Crippen MR) is 99.1 cm³/mol. The lowest BCUT2D eigenvalue weighted by molar-refractivity contribution is -0.171. The van der Waals surface area contributed by atoms with E-state index in [-0.39, 0.29) is 23.4 Å². The fourth-order valence-electron chi connectivity index (χ4n) is 4.70. The minimum absolute atomic E-state index is 0.00284. The molecule has 3 nitrogen and oxygen atoms in total. The molecule has 2 aliphatic rings. The number of nitrogens with zero attached hydrogens (tertiary/aromatic N) is 2. The van der Waals surface area contributed by atoms with Crippen molar-refractivity contribution >= 4 is 5.91 Å². The lowest BCUT2D eigenvalue weighted by Gasteiger charge is -2.59. The molecule has 0 radical (unpaired) electrons. The average molecular weight is 382 g/mol. The van der Waals surface area contributed by atoms with Gasteiger partial charge in [-0.2, -0.15) is 13.2 Å². The number of piperidine rings is 1. The van der Waals surface area contributed by atoms with Crippen LogP contribution in [0.15, 0.2) is 24.3 Å². The lowest BCUT2D eigenvalue weighted by atomic mass is 9.71. The summed E-state index contributed by atoms with van der Waals surface area (Å²) in [6.07, 6.45) is 0.0872. The van der Waals surface area contributed by atoms with Crippen molar-refractivity contribution < 1.29 is 18.0 Å². The number of hydrogen-bond donors (Lipinski definition) is 0. The molecule has 1 amide bonds. The Morgan fingerprint density at radius 2 is 1.59 bits per heavy atom. The van der Waals surface area contributed by atoms with Crippen LogP contribution in [0.3, 0.4) is 0 Å². The topological polar surface area (TPSA) is 23.6 Å². The minimum Gasteiger partial charge on any atom is -0.324 e. The molecular formula is C21H29F3N2O. The van der Waals surface area contributed by atoms with Gasteiger partial charge in [-0.1, -0.05) is 26.0 Å². The van der Waals surface area contributed by atoms with Crippen molar-refractivity contribution in [2.45, 2.75) is 64.7 Å². The molecule has 27 heavy (non-hydrogen) atoms. The van der Waals surface area contributed by atoms with Crippen molar-refractivity contribution in [3.63, 3.8) is 0 Å². The van der Waals surface area contributed by atoms with Crippen LogP contribution in [0, 0.1) is 5.41 Å². The minimum atomic E-state index is -4.35. The Morgan fingerprint density at radius 1 is 1.00 bits per heavy atom. The fourth-order valence-corrected chi connectivity index (χ4v) is 4.70. The molecule has 2 heterocycles. The number of carbonyl (C=O) groups is 1. The second-order valence-corrected chi connectivity index (χ2v) is 8.62. The number of likely N-dealkylation sites (tertiary alicyclic amines) is 2. The maximum atomic E-state index is 13.2. The van der Waals surface area contributed by atoms with Gasteiger partial charge in [0.05, 0.1) is 17.6 Å². The summed E-state index contributed by atoms with van der Waals surface area (Å²) in [6.45, 7) is 9.30. The largest absolute Gasteiger partial charge is 0.416 e. The molecule has 2 fully saturated rings. The average Bonchev–Trinajstić information content (AvgIpc) is 3.12. The third kappa shape index (κ3) is 3.73. The molecule has 2 aliphatic heterocycles. The molecule has 1 aromatic rings. The van der Waals surface area contributed by atoms with Crippen LogP contribution in [0.4, 0.5) is 13.2 Å². The maximum absolute atomic E-state index is 13.2. The highest BCUT2D eigenvalue weighted by Crippen LogP contribution is 2.47. The highest BCUT2D eigenvalue weighted by atomic mass is 19.4. The van der Waals surface area contributed by atoms with Gasteiger partial charge in [-0.25, -0.2) is 0 Å². The number of rotatable bonds is 3. The highest BCUT2D eigenvalue weighted by Gasteiger charge is 2.53. The van der Waals surface area contributed by atoms with Crippen LogP contribution >= 0.6 is 0 Å². The molecule has 1 unspecified atom stereocenters. The third-order valence-corrected chi connectivity index (χ3v) is 6.65. The molecule has 3 rings (SSSR count). The zero-order valence-electron chi connectivity index (χ0n) is 16.4. The van der Waals surface area contributed by atoms with Gasteiger partial charge in [0.25, 0.3) is 0 Å².